The van der Waals surface area contributed by atoms with Crippen LogP contribution >= 0.6 is 15.6 Å². The molecule has 0 aliphatic rings. The van der Waals surface area contributed by atoms with Crippen molar-refractivity contribution in [2.24, 2.45) is 23.7 Å². The summed E-state index contributed by atoms with van der Waals surface area (Å²) in [4.78, 5) is 72.6. The van der Waals surface area contributed by atoms with E-state index < -0.39 is 97.5 Å². The van der Waals surface area contributed by atoms with Crippen molar-refractivity contribution < 1.29 is 80.2 Å². The average molecular weight is 1330 g/mol. The molecule has 0 fully saturated rings. The summed E-state index contributed by atoms with van der Waals surface area (Å²) in [6.07, 6.45) is 43.0. The molecule has 0 aromatic rings. The number of ether oxygens (including phenoxy) is 4. The number of phosphoric acid groups is 2. The molecule has 0 saturated heterocycles. The predicted molar refractivity (Wildman–Crippen MR) is 363 cm³/mol. The minimum absolute atomic E-state index is 0.104. The van der Waals surface area contributed by atoms with E-state index in [1.807, 2.05) is 0 Å². The van der Waals surface area contributed by atoms with Gasteiger partial charge in [0.2, 0.25) is 0 Å². The molecule has 0 spiro atoms. The highest BCUT2D eigenvalue weighted by atomic mass is 31.2. The molecule has 17 nitrogen and oxygen atoms in total. The first-order chi connectivity index (χ1) is 43.1. The van der Waals surface area contributed by atoms with Gasteiger partial charge in [0.05, 0.1) is 26.4 Å². The van der Waals surface area contributed by atoms with Crippen LogP contribution in [0.25, 0.3) is 0 Å². The Kier molecular flexibility index (Phi) is 59.4. The Bertz CT molecular complexity index is 1780. The standard InChI is InChI=1S/C71H138O17P2/c1-9-64(8)50-42-34-29-30-36-44-52-69(74)82-58-67(88-70(75)53-45-37-27-21-13-11-10-12-17-23-31-39-47-61(2)3)60-86-90(79,80)84-56-65(72)55-83-89(77,78)85-59-66(87-71(76)54-46-38-28-22-16-19-25-33-41-49-63(6)7)57-81-68(73)51-43-35-26-20-15-14-18-24-32-40-48-62(4)5/h61-67,72H,9-60H2,1-8H3,(H,77,78)(H,79,80)/t64?,65-,66-,67-/m1/s1. The van der Waals surface area contributed by atoms with E-state index in [1.165, 1.54) is 148 Å². The van der Waals surface area contributed by atoms with E-state index >= 15 is 0 Å². The number of phosphoric ester groups is 2. The van der Waals surface area contributed by atoms with E-state index in [1.54, 1.807) is 0 Å². The number of hydrogen-bond acceptors (Lipinski definition) is 15. The Hall–Kier alpha value is -1.94. The first-order valence-electron chi connectivity index (χ1n) is 36.7. The highest BCUT2D eigenvalue weighted by Gasteiger charge is 2.30. The fourth-order valence-electron chi connectivity index (χ4n) is 10.6. The molecule has 90 heavy (non-hydrogen) atoms. The fourth-order valence-corrected chi connectivity index (χ4v) is 12.2. The average Bonchev–Trinajstić information content (AvgIpc) is 2.86. The molecule has 534 valence electrons. The highest BCUT2D eigenvalue weighted by Crippen LogP contribution is 2.45. The second kappa shape index (κ2) is 60.7. The van der Waals surface area contributed by atoms with Gasteiger partial charge in [-0.05, 0) is 49.4 Å². The molecule has 0 aliphatic carbocycles. The molecule has 0 aromatic heterocycles. The first-order valence-corrected chi connectivity index (χ1v) is 39.7. The zero-order valence-electron chi connectivity index (χ0n) is 58.8. The van der Waals surface area contributed by atoms with Crippen LogP contribution in [0.4, 0.5) is 0 Å². The summed E-state index contributed by atoms with van der Waals surface area (Å²) in [5.74, 6) is 0.874. The second-order valence-corrected chi connectivity index (χ2v) is 30.2. The van der Waals surface area contributed by atoms with E-state index in [9.17, 15) is 43.2 Å². The Balaban J connectivity index is 5.26. The molecule has 0 saturated carbocycles. The molecule has 0 rings (SSSR count). The van der Waals surface area contributed by atoms with Crippen LogP contribution in [0.2, 0.25) is 0 Å². The van der Waals surface area contributed by atoms with Gasteiger partial charge in [0.25, 0.3) is 0 Å². The quantitative estimate of drug-likeness (QED) is 0.0222. The lowest BCUT2D eigenvalue weighted by atomic mass is 10.00. The molecule has 0 radical (unpaired) electrons. The minimum Gasteiger partial charge on any atom is -0.462 e. The normalized spacial score (nSPS) is 14.6. The molecule has 19 heteroatoms. The van der Waals surface area contributed by atoms with E-state index in [0.717, 1.165) is 120 Å². The Morgan fingerprint density at radius 3 is 0.789 bits per heavy atom. The maximum atomic E-state index is 13.0. The molecular weight excluding hydrogens is 1190 g/mol. The summed E-state index contributed by atoms with van der Waals surface area (Å²) < 4.78 is 68.3. The van der Waals surface area contributed by atoms with Crippen molar-refractivity contribution in [3.8, 4) is 0 Å². The van der Waals surface area contributed by atoms with E-state index in [4.69, 9.17) is 37.0 Å². The molecular formula is C71H138O17P2. The van der Waals surface area contributed by atoms with Crippen molar-refractivity contribution >= 4 is 39.5 Å². The first kappa shape index (κ1) is 88.1. The van der Waals surface area contributed by atoms with Gasteiger partial charge in [-0.15, -0.1) is 0 Å². The molecule has 0 aromatic carbocycles. The number of carbonyl (C=O) groups excluding carboxylic acids is 4. The van der Waals surface area contributed by atoms with Crippen LogP contribution < -0.4 is 0 Å². The Morgan fingerprint density at radius 2 is 0.533 bits per heavy atom. The van der Waals surface area contributed by atoms with Crippen molar-refractivity contribution in [3.63, 3.8) is 0 Å². The zero-order valence-corrected chi connectivity index (χ0v) is 60.6. The third-order valence-electron chi connectivity index (χ3n) is 16.7. The van der Waals surface area contributed by atoms with Crippen LogP contribution in [0.1, 0.15) is 351 Å². The van der Waals surface area contributed by atoms with Crippen LogP contribution in [0.3, 0.4) is 0 Å². The van der Waals surface area contributed by atoms with Gasteiger partial charge in [-0.2, -0.15) is 0 Å². The number of unbranched alkanes of at least 4 members (excludes halogenated alkanes) is 33. The van der Waals surface area contributed by atoms with Crippen LogP contribution in [0.15, 0.2) is 0 Å². The topological polar surface area (TPSA) is 237 Å². The maximum absolute atomic E-state index is 13.0. The molecule has 6 atom stereocenters. The summed E-state index contributed by atoms with van der Waals surface area (Å²) in [6.45, 7) is 14.1. The molecule has 3 unspecified atom stereocenters. The Labute approximate surface area is 549 Å². The predicted octanol–water partition coefficient (Wildman–Crippen LogP) is 20.1. The van der Waals surface area contributed by atoms with Crippen LogP contribution in [0.5, 0.6) is 0 Å². The summed E-state index contributed by atoms with van der Waals surface area (Å²) in [7, 11) is -9.90. The second-order valence-electron chi connectivity index (χ2n) is 27.3. The van der Waals surface area contributed by atoms with Gasteiger partial charge in [0.1, 0.15) is 19.3 Å². The van der Waals surface area contributed by atoms with Crippen molar-refractivity contribution in [1.82, 2.24) is 0 Å². The van der Waals surface area contributed by atoms with Gasteiger partial charge in [-0.1, -0.05) is 299 Å². The van der Waals surface area contributed by atoms with Crippen LogP contribution in [0, 0.1) is 23.7 Å². The van der Waals surface area contributed by atoms with Crippen molar-refractivity contribution in [2.45, 2.75) is 369 Å². The van der Waals surface area contributed by atoms with Gasteiger partial charge >= 0.3 is 39.5 Å². The van der Waals surface area contributed by atoms with Crippen molar-refractivity contribution in [3.05, 3.63) is 0 Å². The van der Waals surface area contributed by atoms with Crippen LogP contribution in [-0.2, 0) is 65.4 Å². The number of carbonyl (C=O) groups is 4. The van der Waals surface area contributed by atoms with Crippen LogP contribution in [-0.4, -0.2) is 96.7 Å². The number of aliphatic hydroxyl groups is 1. The van der Waals surface area contributed by atoms with Gasteiger partial charge in [0, 0.05) is 25.7 Å². The monoisotopic (exact) mass is 1320 g/mol. The number of rotatable bonds is 68. The minimum atomic E-state index is -4.95. The zero-order chi connectivity index (χ0) is 66.8. The number of hydrogen-bond donors (Lipinski definition) is 3. The summed E-state index contributed by atoms with van der Waals surface area (Å²) in [5, 5.41) is 10.6. The van der Waals surface area contributed by atoms with Crippen molar-refractivity contribution in [1.29, 1.82) is 0 Å². The number of aliphatic hydroxyl groups excluding tert-OH is 1. The fraction of sp³-hybridized carbons (Fsp3) is 0.944. The summed E-state index contributed by atoms with van der Waals surface area (Å²) in [6, 6.07) is 0. The third kappa shape index (κ3) is 63.5. The van der Waals surface area contributed by atoms with Gasteiger partial charge in [0.15, 0.2) is 12.2 Å². The summed E-state index contributed by atoms with van der Waals surface area (Å²) in [5.41, 5.74) is 0. The molecule has 0 aliphatic heterocycles. The van der Waals surface area contributed by atoms with Crippen molar-refractivity contribution in [2.75, 3.05) is 39.6 Å². The number of esters is 4. The molecule has 0 bridgehead atoms. The maximum Gasteiger partial charge on any atom is 0.472 e. The SMILES string of the molecule is CCC(C)CCCCCCCCC(=O)OC[C@H](COP(=O)(O)OC[C@H](O)COP(=O)(O)OC[C@@H](COC(=O)CCCCCCCCCCCCC(C)C)OC(=O)CCCCCCCCCCCC(C)C)OC(=O)CCCCCCCCCCCCCCC(C)C. The van der Waals surface area contributed by atoms with Gasteiger partial charge < -0.3 is 33.8 Å². The lowest BCUT2D eigenvalue weighted by Gasteiger charge is -2.21. The highest BCUT2D eigenvalue weighted by molar-refractivity contribution is 7.47. The molecule has 3 N–H and O–H groups in total. The third-order valence-corrected chi connectivity index (χ3v) is 18.6. The van der Waals surface area contributed by atoms with Gasteiger partial charge in [-0.3, -0.25) is 37.3 Å². The van der Waals surface area contributed by atoms with Gasteiger partial charge in [-0.25, -0.2) is 9.13 Å². The van der Waals surface area contributed by atoms with E-state index in [-0.39, 0.29) is 25.7 Å². The smallest absolute Gasteiger partial charge is 0.462 e. The largest absolute Gasteiger partial charge is 0.472 e. The lowest BCUT2D eigenvalue weighted by Crippen LogP contribution is -2.30. The van der Waals surface area contributed by atoms with E-state index in [0.29, 0.717) is 25.7 Å². The molecule has 0 amide bonds. The lowest BCUT2D eigenvalue weighted by molar-refractivity contribution is -0.161. The molecule has 0 heterocycles. The Morgan fingerprint density at radius 1 is 0.311 bits per heavy atom. The van der Waals surface area contributed by atoms with E-state index in [2.05, 4.69) is 55.4 Å². The summed E-state index contributed by atoms with van der Waals surface area (Å²) >= 11 is 0.